The van der Waals surface area contributed by atoms with Crippen molar-refractivity contribution in [2.24, 2.45) is 0 Å². The van der Waals surface area contributed by atoms with Crippen LogP contribution in [0.3, 0.4) is 0 Å². The second kappa shape index (κ2) is 8.52. The van der Waals surface area contributed by atoms with Crippen LogP contribution in [0, 0.1) is 0 Å². The topological polar surface area (TPSA) is 85.4 Å². The Morgan fingerprint density at radius 1 is 1.39 bits per heavy atom. The van der Waals surface area contributed by atoms with Crippen LogP contribution < -0.4 is 10.5 Å². The van der Waals surface area contributed by atoms with Gasteiger partial charge in [0.1, 0.15) is 0 Å². The predicted octanol–water partition coefficient (Wildman–Crippen LogP) is 1.07. The number of carbonyl (C=O) groups is 1. The van der Waals surface area contributed by atoms with Gasteiger partial charge in [0, 0.05) is 58.2 Å². The number of rotatable bonds is 6. The van der Waals surface area contributed by atoms with E-state index >= 15 is 0 Å². The summed E-state index contributed by atoms with van der Waals surface area (Å²) in [5.74, 6) is 0.479. The van der Waals surface area contributed by atoms with E-state index in [0.29, 0.717) is 19.0 Å². The molecule has 3 rings (SSSR count). The van der Waals surface area contributed by atoms with Crippen LogP contribution in [0.5, 0.6) is 0 Å². The Morgan fingerprint density at radius 2 is 2.18 bits per heavy atom. The standard InChI is InChI=1S/C20H28N6O2/c1-14(15-6-5-8-21-11-15)19(28)26-9-7-17(13-26)25(4)12-16-10-18(27)23-20(22-16)24(2)3/h5-6,8,10-11,14,17H,7,9,12-13H2,1-4H3,(H,22,23,27)/t14-,17+/m1/s1. The Balaban J connectivity index is 1.62. The van der Waals surface area contributed by atoms with Crippen LogP contribution in [0.25, 0.3) is 0 Å². The average molecular weight is 384 g/mol. The molecule has 2 aromatic rings. The number of hydrogen-bond acceptors (Lipinski definition) is 6. The summed E-state index contributed by atoms with van der Waals surface area (Å²) in [4.78, 5) is 41.9. The van der Waals surface area contributed by atoms with Gasteiger partial charge in [-0.2, -0.15) is 0 Å². The zero-order chi connectivity index (χ0) is 20.3. The zero-order valence-corrected chi connectivity index (χ0v) is 16.9. The van der Waals surface area contributed by atoms with E-state index in [0.717, 1.165) is 24.2 Å². The van der Waals surface area contributed by atoms with E-state index in [4.69, 9.17) is 0 Å². The third-order valence-corrected chi connectivity index (χ3v) is 5.27. The van der Waals surface area contributed by atoms with E-state index < -0.39 is 0 Å². The van der Waals surface area contributed by atoms with Gasteiger partial charge in [0.05, 0.1) is 11.6 Å². The fourth-order valence-corrected chi connectivity index (χ4v) is 3.52. The summed E-state index contributed by atoms with van der Waals surface area (Å²) < 4.78 is 0. The number of hydrogen-bond donors (Lipinski definition) is 1. The molecule has 0 unspecified atom stereocenters. The number of pyridine rings is 1. The van der Waals surface area contributed by atoms with Gasteiger partial charge >= 0.3 is 0 Å². The minimum Gasteiger partial charge on any atom is -0.348 e. The van der Waals surface area contributed by atoms with Crippen molar-refractivity contribution < 1.29 is 4.79 Å². The maximum absolute atomic E-state index is 12.9. The smallest absolute Gasteiger partial charge is 0.252 e. The fraction of sp³-hybridized carbons (Fsp3) is 0.500. The van der Waals surface area contributed by atoms with Gasteiger partial charge < -0.3 is 9.80 Å². The first-order valence-corrected chi connectivity index (χ1v) is 9.51. The van der Waals surface area contributed by atoms with Crippen molar-refractivity contribution in [1.29, 1.82) is 0 Å². The van der Waals surface area contributed by atoms with Gasteiger partial charge in [0.15, 0.2) is 0 Å². The number of H-pyrrole nitrogens is 1. The van der Waals surface area contributed by atoms with Gasteiger partial charge in [0.2, 0.25) is 11.9 Å². The van der Waals surface area contributed by atoms with E-state index in [1.165, 1.54) is 6.07 Å². The lowest BCUT2D eigenvalue weighted by Crippen LogP contribution is -2.38. The number of nitrogens with zero attached hydrogens (tertiary/aromatic N) is 5. The summed E-state index contributed by atoms with van der Waals surface area (Å²) in [6, 6.07) is 5.58. The van der Waals surface area contributed by atoms with Crippen LogP contribution in [0.2, 0.25) is 0 Å². The monoisotopic (exact) mass is 384 g/mol. The number of likely N-dealkylation sites (tertiary alicyclic amines) is 1. The molecule has 1 aliphatic rings. The summed E-state index contributed by atoms with van der Waals surface area (Å²) in [6.07, 6.45) is 4.38. The highest BCUT2D eigenvalue weighted by molar-refractivity contribution is 5.83. The molecule has 8 nitrogen and oxygen atoms in total. The molecule has 1 fully saturated rings. The van der Waals surface area contributed by atoms with Crippen LogP contribution in [0.15, 0.2) is 35.4 Å². The van der Waals surface area contributed by atoms with E-state index in [1.54, 1.807) is 17.3 Å². The van der Waals surface area contributed by atoms with E-state index in [2.05, 4.69) is 19.9 Å². The van der Waals surface area contributed by atoms with E-state index in [-0.39, 0.29) is 23.4 Å². The minimum atomic E-state index is -0.199. The molecule has 1 saturated heterocycles. The van der Waals surface area contributed by atoms with Crippen LogP contribution in [0.1, 0.15) is 30.5 Å². The first kappa shape index (κ1) is 20.0. The molecule has 0 aliphatic carbocycles. The molecule has 28 heavy (non-hydrogen) atoms. The third kappa shape index (κ3) is 4.56. The molecule has 0 radical (unpaired) electrons. The SMILES string of the molecule is C[C@@H](C(=O)N1CC[C@H](N(C)Cc2cc(=O)[nH]c(N(C)C)n2)C1)c1cccnc1. The minimum absolute atomic E-state index is 0.132. The van der Waals surface area contributed by atoms with Crippen molar-refractivity contribution in [3.05, 3.63) is 52.2 Å². The van der Waals surface area contributed by atoms with E-state index in [1.807, 2.05) is 45.1 Å². The van der Waals surface area contributed by atoms with Crippen molar-refractivity contribution in [2.45, 2.75) is 31.8 Å². The molecule has 1 amide bonds. The van der Waals surface area contributed by atoms with Crippen LogP contribution in [0.4, 0.5) is 5.95 Å². The molecule has 150 valence electrons. The second-order valence-electron chi connectivity index (χ2n) is 7.60. The molecule has 8 heteroatoms. The lowest BCUT2D eigenvalue weighted by atomic mass is 10.0. The highest BCUT2D eigenvalue weighted by Crippen LogP contribution is 2.22. The largest absolute Gasteiger partial charge is 0.348 e. The summed E-state index contributed by atoms with van der Waals surface area (Å²) in [6.45, 7) is 3.92. The number of anilines is 1. The molecule has 1 aliphatic heterocycles. The van der Waals surface area contributed by atoms with Crippen molar-refractivity contribution >= 4 is 11.9 Å². The highest BCUT2D eigenvalue weighted by Gasteiger charge is 2.31. The number of aromatic amines is 1. The maximum Gasteiger partial charge on any atom is 0.252 e. The van der Waals surface area contributed by atoms with Crippen molar-refractivity contribution in [3.63, 3.8) is 0 Å². The zero-order valence-electron chi connectivity index (χ0n) is 16.9. The number of amides is 1. The lowest BCUT2D eigenvalue weighted by molar-refractivity contribution is -0.131. The van der Waals surface area contributed by atoms with E-state index in [9.17, 15) is 9.59 Å². The Hall–Kier alpha value is -2.74. The molecular formula is C20H28N6O2. The molecule has 0 aromatic carbocycles. The van der Waals surface area contributed by atoms with Crippen LogP contribution in [-0.2, 0) is 11.3 Å². The summed E-state index contributed by atoms with van der Waals surface area (Å²) in [5, 5.41) is 0. The average Bonchev–Trinajstić information content (AvgIpc) is 3.17. The summed E-state index contributed by atoms with van der Waals surface area (Å²) in [5.41, 5.74) is 1.51. The lowest BCUT2D eigenvalue weighted by Gasteiger charge is -2.25. The highest BCUT2D eigenvalue weighted by atomic mass is 16.2. The number of aromatic nitrogens is 3. The van der Waals surface area contributed by atoms with Gasteiger partial charge in [0.25, 0.3) is 5.56 Å². The van der Waals surface area contributed by atoms with Crippen molar-refractivity contribution in [2.75, 3.05) is 39.1 Å². The first-order chi connectivity index (χ1) is 13.3. The molecule has 2 atom stereocenters. The van der Waals surface area contributed by atoms with Crippen molar-refractivity contribution in [3.8, 4) is 0 Å². The van der Waals surface area contributed by atoms with Crippen LogP contribution in [-0.4, -0.2) is 70.9 Å². The maximum atomic E-state index is 12.9. The van der Waals surface area contributed by atoms with Gasteiger partial charge in [-0.15, -0.1) is 0 Å². The van der Waals surface area contributed by atoms with Gasteiger partial charge in [-0.05, 0) is 32.0 Å². The quantitative estimate of drug-likeness (QED) is 0.802. The number of nitrogens with one attached hydrogen (secondary N) is 1. The molecule has 3 heterocycles. The molecular weight excluding hydrogens is 356 g/mol. The summed E-state index contributed by atoms with van der Waals surface area (Å²) in [7, 11) is 5.70. The second-order valence-corrected chi connectivity index (χ2v) is 7.60. The van der Waals surface area contributed by atoms with Gasteiger partial charge in [-0.1, -0.05) is 6.07 Å². The molecule has 2 aromatic heterocycles. The molecule has 0 bridgehead atoms. The predicted molar refractivity (Wildman–Crippen MR) is 108 cm³/mol. The molecule has 0 spiro atoms. The Labute approximate surface area is 165 Å². The number of carbonyl (C=O) groups excluding carboxylic acids is 1. The van der Waals surface area contributed by atoms with Crippen LogP contribution >= 0.6 is 0 Å². The molecule has 1 N–H and O–H groups in total. The fourth-order valence-electron chi connectivity index (χ4n) is 3.52. The van der Waals surface area contributed by atoms with Gasteiger partial charge in [-0.25, -0.2) is 4.98 Å². The van der Waals surface area contributed by atoms with Crippen molar-refractivity contribution in [1.82, 2.24) is 24.8 Å². The first-order valence-electron chi connectivity index (χ1n) is 9.51. The summed E-state index contributed by atoms with van der Waals surface area (Å²) >= 11 is 0. The normalized spacial score (nSPS) is 17.8. The third-order valence-electron chi connectivity index (χ3n) is 5.27. The number of likely N-dealkylation sites (N-methyl/N-ethyl adjacent to an activating group) is 1. The molecule has 0 saturated carbocycles. The Bertz CT molecular complexity index is 866. The Kier molecular flexibility index (Phi) is 6.08. The van der Waals surface area contributed by atoms with Gasteiger partial charge in [-0.3, -0.25) is 24.5 Å². The Morgan fingerprint density at radius 3 is 2.86 bits per heavy atom.